The first-order valence-corrected chi connectivity index (χ1v) is 10.6. The maximum atomic E-state index is 13.3. The number of Topliss-reactive ketones (excluding diaryl/α,β-unsaturated/α-hetero) is 2. The van der Waals surface area contributed by atoms with Gasteiger partial charge in [-0.2, -0.15) is 0 Å². The third kappa shape index (κ3) is 3.43. The van der Waals surface area contributed by atoms with E-state index in [1.165, 1.54) is 13.2 Å². The Kier molecular flexibility index (Phi) is 4.81. The molecule has 0 bridgehead atoms. The van der Waals surface area contributed by atoms with Gasteiger partial charge in [-0.05, 0) is 22.5 Å². The first-order valence-electron chi connectivity index (χ1n) is 10.2. The molecule has 1 N–H and O–H groups in total. The van der Waals surface area contributed by atoms with Gasteiger partial charge in [-0.3, -0.25) is 9.59 Å². The lowest BCUT2D eigenvalue weighted by molar-refractivity contribution is -0.120. The van der Waals surface area contributed by atoms with E-state index in [4.69, 9.17) is 21.1 Å². The summed E-state index contributed by atoms with van der Waals surface area (Å²) < 4.78 is 11.6. The predicted octanol–water partition coefficient (Wildman–Crippen LogP) is 5.45. The minimum Gasteiger partial charge on any atom is -0.504 e. The summed E-state index contributed by atoms with van der Waals surface area (Å²) in [5.74, 6) is 0.753. The minimum atomic E-state index is -0.613. The molecule has 4 rings (SSSR count). The molecule has 1 aromatic carbocycles. The van der Waals surface area contributed by atoms with Gasteiger partial charge in [0.25, 0.3) is 0 Å². The van der Waals surface area contributed by atoms with Crippen LogP contribution in [0.4, 0.5) is 0 Å². The predicted molar refractivity (Wildman–Crippen MR) is 114 cm³/mol. The molecule has 6 heteroatoms. The van der Waals surface area contributed by atoms with Crippen molar-refractivity contribution in [2.45, 2.75) is 59.3 Å². The molecule has 1 heterocycles. The van der Waals surface area contributed by atoms with Crippen molar-refractivity contribution < 1.29 is 24.2 Å². The van der Waals surface area contributed by atoms with Gasteiger partial charge in [-0.15, -0.1) is 0 Å². The summed E-state index contributed by atoms with van der Waals surface area (Å²) in [6.07, 6.45) is 1.98. The number of carbonyl (C=O) groups excluding carboxylic acids is 2. The van der Waals surface area contributed by atoms with E-state index in [0.717, 1.165) is 0 Å². The zero-order chi connectivity index (χ0) is 22.0. The summed E-state index contributed by atoms with van der Waals surface area (Å²) in [6, 6.07) is 3.03. The van der Waals surface area contributed by atoms with Crippen LogP contribution in [0.15, 0.2) is 34.8 Å². The molecule has 5 nitrogen and oxygen atoms in total. The first-order chi connectivity index (χ1) is 13.9. The average molecular weight is 431 g/mol. The van der Waals surface area contributed by atoms with E-state index in [1.54, 1.807) is 6.07 Å². The number of benzene rings is 1. The third-order valence-corrected chi connectivity index (χ3v) is 6.52. The number of hydrogen-bond donors (Lipinski definition) is 1. The highest BCUT2D eigenvalue weighted by Gasteiger charge is 2.48. The maximum Gasteiger partial charge on any atom is 0.163 e. The molecule has 0 spiro atoms. The molecule has 160 valence electrons. The van der Waals surface area contributed by atoms with Crippen molar-refractivity contribution in [2.24, 2.45) is 10.8 Å². The van der Waals surface area contributed by atoms with Crippen molar-refractivity contribution in [1.82, 2.24) is 0 Å². The summed E-state index contributed by atoms with van der Waals surface area (Å²) in [7, 11) is 1.45. The second kappa shape index (κ2) is 6.88. The number of aromatic hydroxyl groups is 1. The van der Waals surface area contributed by atoms with E-state index >= 15 is 0 Å². The van der Waals surface area contributed by atoms with Crippen molar-refractivity contribution in [3.8, 4) is 11.5 Å². The van der Waals surface area contributed by atoms with Crippen LogP contribution in [-0.4, -0.2) is 23.8 Å². The fourth-order valence-electron chi connectivity index (χ4n) is 4.93. The quantitative estimate of drug-likeness (QED) is 0.674. The normalized spacial score (nSPS) is 23.1. The van der Waals surface area contributed by atoms with Gasteiger partial charge in [-0.25, -0.2) is 0 Å². The molecule has 30 heavy (non-hydrogen) atoms. The van der Waals surface area contributed by atoms with Gasteiger partial charge in [0.15, 0.2) is 23.1 Å². The third-order valence-electron chi connectivity index (χ3n) is 6.19. The zero-order valence-corrected chi connectivity index (χ0v) is 18.8. The first kappa shape index (κ1) is 21.0. The fraction of sp³-hybridized carbons (Fsp3) is 0.500. The van der Waals surface area contributed by atoms with Gasteiger partial charge in [-0.1, -0.05) is 39.3 Å². The van der Waals surface area contributed by atoms with Crippen LogP contribution >= 0.6 is 11.6 Å². The molecule has 0 fully saturated rings. The smallest absolute Gasteiger partial charge is 0.163 e. The number of carbonyl (C=O) groups is 2. The van der Waals surface area contributed by atoms with Crippen LogP contribution in [0.5, 0.6) is 11.5 Å². The molecule has 1 aromatic rings. The largest absolute Gasteiger partial charge is 0.504 e. The van der Waals surface area contributed by atoms with E-state index in [9.17, 15) is 14.7 Å². The van der Waals surface area contributed by atoms with Crippen LogP contribution in [0.2, 0.25) is 5.02 Å². The molecule has 0 saturated heterocycles. The summed E-state index contributed by atoms with van der Waals surface area (Å²) in [4.78, 5) is 26.5. The van der Waals surface area contributed by atoms with Crippen LogP contribution in [0.25, 0.3) is 0 Å². The Hall–Kier alpha value is -2.27. The van der Waals surface area contributed by atoms with Crippen molar-refractivity contribution in [2.75, 3.05) is 7.11 Å². The Morgan fingerprint density at radius 1 is 0.967 bits per heavy atom. The number of phenols is 1. The van der Waals surface area contributed by atoms with Crippen molar-refractivity contribution in [1.29, 1.82) is 0 Å². The number of rotatable bonds is 2. The van der Waals surface area contributed by atoms with Gasteiger partial charge in [0, 0.05) is 53.8 Å². The van der Waals surface area contributed by atoms with E-state index in [-0.39, 0.29) is 38.9 Å². The number of methoxy groups -OCH3 is 1. The molecule has 0 radical (unpaired) electrons. The lowest BCUT2D eigenvalue weighted by Gasteiger charge is -2.42. The highest BCUT2D eigenvalue weighted by molar-refractivity contribution is 6.32. The van der Waals surface area contributed by atoms with Crippen LogP contribution in [-0.2, 0) is 14.3 Å². The average Bonchev–Trinajstić information content (AvgIpc) is 2.58. The molecule has 0 aromatic heterocycles. The molecule has 1 aliphatic heterocycles. The van der Waals surface area contributed by atoms with E-state index in [0.29, 0.717) is 53.9 Å². The zero-order valence-electron chi connectivity index (χ0n) is 18.0. The van der Waals surface area contributed by atoms with Crippen molar-refractivity contribution in [3.05, 3.63) is 45.4 Å². The molecule has 0 saturated carbocycles. The molecular weight excluding hydrogens is 404 g/mol. The van der Waals surface area contributed by atoms with Crippen LogP contribution in [0.1, 0.15) is 64.9 Å². The van der Waals surface area contributed by atoms with Gasteiger partial charge < -0.3 is 14.6 Å². The lowest BCUT2D eigenvalue weighted by Crippen LogP contribution is -2.37. The molecule has 2 aliphatic carbocycles. The number of halogens is 1. The standard InChI is InChI=1S/C24H27ClO5/c1-23(2)8-15(27)21-18(10-23)30-19-11-24(3,4)9-16(28)22(19)20(21)12-6-17(29-5)14(26)7-13(12)25/h6-7,20,26H,8-11H2,1-5H3. The number of hydrogen-bond acceptors (Lipinski definition) is 5. The Morgan fingerprint density at radius 3 is 1.93 bits per heavy atom. The summed E-state index contributed by atoms with van der Waals surface area (Å²) in [5, 5.41) is 10.4. The van der Waals surface area contributed by atoms with Crippen molar-refractivity contribution >= 4 is 23.2 Å². The fourth-order valence-corrected chi connectivity index (χ4v) is 5.20. The number of ketones is 2. The Labute approximate surface area is 181 Å². The summed E-state index contributed by atoms with van der Waals surface area (Å²) >= 11 is 6.54. The SMILES string of the molecule is COc1cc(C2C3=C(CC(C)(C)CC3=O)OC3=C2C(=O)CC(C)(C)C3)c(Cl)cc1O. The van der Waals surface area contributed by atoms with Gasteiger partial charge in [0.1, 0.15) is 11.5 Å². The minimum absolute atomic E-state index is 0.0291. The Morgan fingerprint density at radius 2 is 1.47 bits per heavy atom. The van der Waals surface area contributed by atoms with E-state index in [2.05, 4.69) is 0 Å². The van der Waals surface area contributed by atoms with Gasteiger partial charge in [0.05, 0.1) is 7.11 Å². The molecule has 0 unspecified atom stereocenters. The Bertz CT molecular complexity index is 976. The second-order valence-corrected chi connectivity index (χ2v) is 10.5. The molecular formula is C24H27ClO5. The number of phenolic OH excluding ortho intramolecular Hbond substituents is 1. The highest BCUT2D eigenvalue weighted by Crippen LogP contribution is 2.54. The van der Waals surface area contributed by atoms with E-state index in [1.807, 2.05) is 27.7 Å². The highest BCUT2D eigenvalue weighted by atomic mass is 35.5. The number of ether oxygens (including phenoxy) is 2. The van der Waals surface area contributed by atoms with Crippen LogP contribution in [0, 0.1) is 10.8 Å². The second-order valence-electron chi connectivity index (χ2n) is 10.1. The number of allylic oxidation sites excluding steroid dienone is 4. The van der Waals surface area contributed by atoms with Crippen LogP contribution < -0.4 is 4.74 Å². The van der Waals surface area contributed by atoms with Crippen LogP contribution in [0.3, 0.4) is 0 Å². The van der Waals surface area contributed by atoms with Gasteiger partial charge >= 0.3 is 0 Å². The summed E-state index contributed by atoms with van der Waals surface area (Å²) in [5.41, 5.74) is 1.16. The topological polar surface area (TPSA) is 72.8 Å². The Balaban J connectivity index is 1.97. The van der Waals surface area contributed by atoms with Crippen molar-refractivity contribution in [3.63, 3.8) is 0 Å². The maximum absolute atomic E-state index is 13.3. The molecule has 3 aliphatic rings. The lowest BCUT2D eigenvalue weighted by atomic mass is 9.65. The monoisotopic (exact) mass is 430 g/mol. The molecule has 0 atom stereocenters. The summed E-state index contributed by atoms with van der Waals surface area (Å²) in [6.45, 7) is 8.18. The van der Waals surface area contributed by atoms with Gasteiger partial charge in [0.2, 0.25) is 0 Å². The molecule has 0 amide bonds. The van der Waals surface area contributed by atoms with E-state index < -0.39 is 5.92 Å².